The third-order valence-corrected chi connectivity index (χ3v) is 4.60. The van der Waals surface area contributed by atoms with Crippen LogP contribution in [0.15, 0.2) is 45.5 Å². The number of furan rings is 1. The van der Waals surface area contributed by atoms with Gasteiger partial charge >= 0.3 is 0 Å². The highest BCUT2D eigenvalue weighted by Crippen LogP contribution is 2.26. The van der Waals surface area contributed by atoms with Crippen LogP contribution in [0.5, 0.6) is 5.75 Å². The van der Waals surface area contributed by atoms with Crippen molar-refractivity contribution in [1.82, 2.24) is 9.80 Å². The fourth-order valence-corrected chi connectivity index (χ4v) is 3.19. The summed E-state index contributed by atoms with van der Waals surface area (Å²) in [6, 6.07) is 8.59. The molecule has 0 saturated carbocycles. The normalized spacial score (nSPS) is 14.6. The molecular weight excluding hydrogens is 376 g/mol. The van der Waals surface area contributed by atoms with Crippen molar-refractivity contribution >= 4 is 27.7 Å². The number of rotatable bonds is 3. The first-order valence-electron chi connectivity index (χ1n) is 7.55. The molecule has 1 aromatic heterocycles. The van der Waals surface area contributed by atoms with Gasteiger partial charge in [-0.3, -0.25) is 9.59 Å². The maximum atomic E-state index is 12.6. The summed E-state index contributed by atoms with van der Waals surface area (Å²) in [5.74, 6) is 0.817. The van der Waals surface area contributed by atoms with Gasteiger partial charge in [-0.05, 0) is 46.3 Å². The summed E-state index contributed by atoms with van der Waals surface area (Å²) >= 11 is 3.39. The van der Waals surface area contributed by atoms with Crippen LogP contribution in [-0.4, -0.2) is 54.9 Å². The van der Waals surface area contributed by atoms with Gasteiger partial charge in [-0.15, -0.1) is 0 Å². The van der Waals surface area contributed by atoms with Crippen LogP contribution in [0.4, 0.5) is 0 Å². The number of benzene rings is 1. The molecule has 2 aromatic rings. The quantitative estimate of drug-likeness (QED) is 0.805. The Morgan fingerprint density at radius 3 is 2.29 bits per heavy atom. The SMILES string of the molecule is COc1ccc(C(=O)N2CCN(C(=O)c3ccco3)CC2)cc1Br. The number of amides is 2. The number of piperazine rings is 1. The summed E-state index contributed by atoms with van der Waals surface area (Å²) < 4.78 is 11.1. The monoisotopic (exact) mass is 392 g/mol. The molecule has 24 heavy (non-hydrogen) atoms. The lowest BCUT2D eigenvalue weighted by Gasteiger charge is -2.34. The molecule has 1 saturated heterocycles. The molecule has 0 aliphatic carbocycles. The van der Waals surface area contributed by atoms with E-state index in [0.717, 1.165) is 4.47 Å². The highest BCUT2D eigenvalue weighted by atomic mass is 79.9. The van der Waals surface area contributed by atoms with Crippen molar-refractivity contribution in [2.24, 2.45) is 0 Å². The van der Waals surface area contributed by atoms with Gasteiger partial charge in [-0.1, -0.05) is 0 Å². The molecule has 1 aliphatic rings. The van der Waals surface area contributed by atoms with E-state index >= 15 is 0 Å². The first kappa shape index (κ1) is 16.6. The third kappa shape index (κ3) is 3.31. The fraction of sp³-hybridized carbons (Fsp3) is 0.294. The molecule has 6 nitrogen and oxygen atoms in total. The first-order chi connectivity index (χ1) is 11.6. The second kappa shape index (κ2) is 7.09. The molecule has 0 spiro atoms. The van der Waals surface area contributed by atoms with E-state index in [-0.39, 0.29) is 11.8 Å². The zero-order valence-corrected chi connectivity index (χ0v) is 14.8. The fourth-order valence-electron chi connectivity index (χ4n) is 2.65. The van der Waals surface area contributed by atoms with E-state index in [1.807, 2.05) is 0 Å². The van der Waals surface area contributed by atoms with Crippen LogP contribution in [0.1, 0.15) is 20.9 Å². The average molecular weight is 393 g/mol. The Labute approximate surface area is 148 Å². The van der Waals surface area contributed by atoms with Gasteiger partial charge in [0.2, 0.25) is 0 Å². The number of methoxy groups -OCH3 is 1. The summed E-state index contributed by atoms with van der Waals surface area (Å²) in [6.45, 7) is 1.97. The lowest BCUT2D eigenvalue weighted by molar-refractivity contribution is 0.0518. The van der Waals surface area contributed by atoms with Crippen LogP contribution >= 0.6 is 15.9 Å². The van der Waals surface area contributed by atoms with Gasteiger partial charge in [0.15, 0.2) is 5.76 Å². The largest absolute Gasteiger partial charge is 0.496 e. The van der Waals surface area contributed by atoms with Gasteiger partial charge in [0.1, 0.15) is 5.75 Å². The predicted octanol–water partition coefficient (Wildman–Crippen LogP) is 2.65. The van der Waals surface area contributed by atoms with E-state index in [2.05, 4.69) is 15.9 Å². The number of hydrogen-bond donors (Lipinski definition) is 0. The van der Waals surface area contributed by atoms with Gasteiger partial charge < -0.3 is 19.0 Å². The van der Waals surface area contributed by atoms with E-state index < -0.39 is 0 Å². The second-order valence-electron chi connectivity index (χ2n) is 5.41. The molecule has 0 N–H and O–H groups in total. The molecule has 0 unspecified atom stereocenters. The Balaban J connectivity index is 1.63. The molecule has 0 bridgehead atoms. The maximum absolute atomic E-state index is 12.6. The van der Waals surface area contributed by atoms with E-state index in [4.69, 9.17) is 9.15 Å². The Hall–Kier alpha value is -2.28. The van der Waals surface area contributed by atoms with Crippen molar-refractivity contribution in [3.05, 3.63) is 52.4 Å². The summed E-state index contributed by atoms with van der Waals surface area (Å²) in [5, 5.41) is 0. The molecule has 126 valence electrons. The standard InChI is InChI=1S/C17H17BrN2O4/c1-23-14-5-4-12(11-13(14)18)16(21)19-6-8-20(9-7-19)17(22)15-3-2-10-24-15/h2-5,10-11H,6-9H2,1H3. The molecule has 1 fully saturated rings. The van der Waals surface area contributed by atoms with Crippen LogP contribution in [-0.2, 0) is 0 Å². The number of nitrogens with zero attached hydrogens (tertiary/aromatic N) is 2. The number of carbonyl (C=O) groups is 2. The Morgan fingerprint density at radius 1 is 1.08 bits per heavy atom. The Kier molecular flexibility index (Phi) is 4.89. The number of hydrogen-bond acceptors (Lipinski definition) is 4. The van der Waals surface area contributed by atoms with Crippen LogP contribution in [0.25, 0.3) is 0 Å². The lowest BCUT2D eigenvalue weighted by atomic mass is 10.1. The predicted molar refractivity (Wildman–Crippen MR) is 91.2 cm³/mol. The highest BCUT2D eigenvalue weighted by molar-refractivity contribution is 9.10. The molecule has 0 radical (unpaired) electrons. The van der Waals surface area contributed by atoms with Crippen molar-refractivity contribution < 1.29 is 18.7 Å². The molecule has 1 aliphatic heterocycles. The van der Waals surface area contributed by atoms with Crippen molar-refractivity contribution in [2.75, 3.05) is 33.3 Å². The van der Waals surface area contributed by atoms with Crippen LogP contribution < -0.4 is 4.74 Å². The van der Waals surface area contributed by atoms with Gasteiger partial charge in [0.05, 0.1) is 17.8 Å². The van der Waals surface area contributed by atoms with Crippen LogP contribution in [0.3, 0.4) is 0 Å². The Bertz CT molecular complexity index is 737. The number of ether oxygens (including phenoxy) is 1. The van der Waals surface area contributed by atoms with Gasteiger partial charge in [0.25, 0.3) is 11.8 Å². The summed E-state index contributed by atoms with van der Waals surface area (Å²) in [7, 11) is 1.58. The zero-order chi connectivity index (χ0) is 17.1. The number of halogens is 1. The van der Waals surface area contributed by atoms with Crippen molar-refractivity contribution in [3.63, 3.8) is 0 Å². The summed E-state index contributed by atoms with van der Waals surface area (Å²) in [5.41, 5.74) is 0.591. The Morgan fingerprint density at radius 2 is 1.75 bits per heavy atom. The molecule has 2 heterocycles. The van der Waals surface area contributed by atoms with Crippen molar-refractivity contribution in [2.45, 2.75) is 0 Å². The van der Waals surface area contributed by atoms with E-state index in [1.165, 1.54) is 6.26 Å². The first-order valence-corrected chi connectivity index (χ1v) is 8.35. The molecule has 7 heteroatoms. The smallest absolute Gasteiger partial charge is 0.289 e. The van der Waals surface area contributed by atoms with Crippen molar-refractivity contribution in [3.8, 4) is 5.75 Å². The topological polar surface area (TPSA) is 63.0 Å². The molecular formula is C17H17BrN2O4. The van der Waals surface area contributed by atoms with Gasteiger partial charge in [0, 0.05) is 31.7 Å². The molecule has 0 atom stereocenters. The molecule has 2 amide bonds. The number of carbonyl (C=O) groups excluding carboxylic acids is 2. The van der Waals surface area contributed by atoms with Crippen LogP contribution in [0, 0.1) is 0 Å². The summed E-state index contributed by atoms with van der Waals surface area (Å²) in [6.07, 6.45) is 1.48. The zero-order valence-electron chi connectivity index (χ0n) is 13.2. The average Bonchev–Trinajstić information content (AvgIpc) is 3.15. The minimum atomic E-state index is -0.140. The van der Waals surface area contributed by atoms with E-state index in [9.17, 15) is 9.59 Å². The molecule has 1 aromatic carbocycles. The van der Waals surface area contributed by atoms with Crippen LogP contribution in [0.2, 0.25) is 0 Å². The van der Waals surface area contributed by atoms with Gasteiger partial charge in [-0.25, -0.2) is 0 Å². The second-order valence-corrected chi connectivity index (χ2v) is 6.27. The van der Waals surface area contributed by atoms with E-state index in [1.54, 1.807) is 47.2 Å². The maximum Gasteiger partial charge on any atom is 0.289 e. The minimum Gasteiger partial charge on any atom is -0.496 e. The van der Waals surface area contributed by atoms with Gasteiger partial charge in [-0.2, -0.15) is 0 Å². The lowest BCUT2D eigenvalue weighted by Crippen LogP contribution is -2.50. The third-order valence-electron chi connectivity index (χ3n) is 3.98. The molecule has 3 rings (SSSR count). The summed E-state index contributed by atoms with van der Waals surface area (Å²) in [4.78, 5) is 28.3. The highest BCUT2D eigenvalue weighted by Gasteiger charge is 2.26. The minimum absolute atomic E-state index is 0.0524. The van der Waals surface area contributed by atoms with E-state index in [0.29, 0.717) is 43.3 Å². The van der Waals surface area contributed by atoms with Crippen molar-refractivity contribution in [1.29, 1.82) is 0 Å².